The molecule has 3 N–H and O–H groups in total. The number of nitrogens with zero attached hydrogens (tertiary/aromatic N) is 2. The monoisotopic (exact) mass is 369 g/mol. The van der Waals surface area contributed by atoms with Crippen LogP contribution in [0.2, 0.25) is 0 Å². The summed E-state index contributed by atoms with van der Waals surface area (Å²) in [7, 11) is 0. The van der Waals surface area contributed by atoms with Crippen LogP contribution >= 0.6 is 0 Å². The summed E-state index contributed by atoms with van der Waals surface area (Å²) >= 11 is 0. The van der Waals surface area contributed by atoms with Crippen molar-refractivity contribution in [2.45, 2.75) is 64.5 Å². The van der Waals surface area contributed by atoms with Crippen molar-refractivity contribution in [2.24, 2.45) is 0 Å². The van der Waals surface area contributed by atoms with Gasteiger partial charge in [0.1, 0.15) is 17.3 Å². The highest BCUT2D eigenvalue weighted by Gasteiger charge is 2.25. The second kappa shape index (κ2) is 7.35. The van der Waals surface area contributed by atoms with Gasteiger partial charge in [-0.3, -0.25) is 9.69 Å². The molecule has 2 heterocycles. The molecule has 1 saturated carbocycles. The van der Waals surface area contributed by atoms with E-state index in [-0.39, 0.29) is 17.1 Å². The number of phenolic OH excluding ortho intramolecular Hbond substituents is 2. The first-order valence-corrected chi connectivity index (χ1v) is 9.87. The largest absolute Gasteiger partial charge is 0.508 e. The van der Waals surface area contributed by atoms with Gasteiger partial charge in [0.05, 0.1) is 11.3 Å². The Morgan fingerprint density at radius 1 is 1.22 bits per heavy atom. The number of benzene rings is 1. The van der Waals surface area contributed by atoms with Crippen LogP contribution in [-0.4, -0.2) is 31.6 Å². The van der Waals surface area contributed by atoms with Gasteiger partial charge in [-0.2, -0.15) is 0 Å². The zero-order chi connectivity index (χ0) is 19.0. The number of fused-ring (bicyclic) bond motifs is 1. The molecule has 6 heteroatoms. The van der Waals surface area contributed by atoms with Gasteiger partial charge in [0.2, 0.25) is 0 Å². The molecule has 0 atom stereocenters. The zero-order valence-corrected chi connectivity index (χ0v) is 15.8. The number of aromatic hydroxyl groups is 2. The standard InChI is InChI=1S/C21H27N3O3/c1-13-9-15(25)10-19(26)16(13)11-24-8-7-18-17(12-24)21(27)23-20(22-18)14-5-3-2-4-6-14/h9-10,14,25-26H,2-8,11-12H2,1H3,(H,22,23,27). The van der Waals surface area contributed by atoms with Gasteiger partial charge in [-0.15, -0.1) is 0 Å². The lowest BCUT2D eigenvalue weighted by Crippen LogP contribution is -2.36. The van der Waals surface area contributed by atoms with E-state index >= 15 is 0 Å². The minimum absolute atomic E-state index is 0.0167. The molecular formula is C21H27N3O3. The minimum Gasteiger partial charge on any atom is -0.508 e. The quantitative estimate of drug-likeness (QED) is 0.774. The van der Waals surface area contributed by atoms with E-state index < -0.39 is 0 Å². The molecule has 27 heavy (non-hydrogen) atoms. The Morgan fingerprint density at radius 2 is 2.00 bits per heavy atom. The molecule has 0 spiro atoms. The van der Waals surface area contributed by atoms with E-state index in [1.807, 2.05) is 6.92 Å². The molecule has 1 aromatic heterocycles. The van der Waals surface area contributed by atoms with Crippen LogP contribution in [0.3, 0.4) is 0 Å². The molecule has 0 saturated heterocycles. The van der Waals surface area contributed by atoms with Crippen LogP contribution in [0, 0.1) is 6.92 Å². The average molecular weight is 369 g/mol. The summed E-state index contributed by atoms with van der Waals surface area (Å²) in [5, 5.41) is 19.8. The minimum atomic E-state index is -0.0167. The predicted molar refractivity (Wildman–Crippen MR) is 103 cm³/mol. The van der Waals surface area contributed by atoms with Crippen LogP contribution in [0.4, 0.5) is 0 Å². The van der Waals surface area contributed by atoms with Gasteiger partial charge in [0, 0.05) is 43.6 Å². The molecule has 0 radical (unpaired) electrons. The van der Waals surface area contributed by atoms with E-state index in [9.17, 15) is 15.0 Å². The smallest absolute Gasteiger partial charge is 0.255 e. The van der Waals surface area contributed by atoms with Gasteiger partial charge in [0.15, 0.2) is 0 Å². The highest BCUT2D eigenvalue weighted by atomic mass is 16.3. The molecule has 1 aliphatic heterocycles. The number of hydrogen-bond donors (Lipinski definition) is 3. The van der Waals surface area contributed by atoms with Gasteiger partial charge in [-0.05, 0) is 31.4 Å². The summed E-state index contributed by atoms with van der Waals surface area (Å²) in [6.07, 6.45) is 6.70. The maximum atomic E-state index is 12.7. The number of aromatic nitrogens is 2. The Morgan fingerprint density at radius 3 is 2.74 bits per heavy atom. The summed E-state index contributed by atoms with van der Waals surface area (Å²) < 4.78 is 0. The molecule has 6 nitrogen and oxygen atoms in total. The number of aromatic amines is 1. The lowest BCUT2D eigenvalue weighted by molar-refractivity contribution is 0.237. The molecule has 1 fully saturated rings. The molecule has 1 aliphatic carbocycles. The van der Waals surface area contributed by atoms with Crippen LogP contribution < -0.4 is 5.56 Å². The number of nitrogens with one attached hydrogen (secondary N) is 1. The zero-order valence-electron chi connectivity index (χ0n) is 15.8. The molecular weight excluding hydrogens is 342 g/mol. The lowest BCUT2D eigenvalue weighted by Gasteiger charge is -2.29. The third-order valence-electron chi connectivity index (χ3n) is 5.97. The van der Waals surface area contributed by atoms with Crippen molar-refractivity contribution in [1.82, 2.24) is 14.9 Å². The van der Waals surface area contributed by atoms with Crippen molar-refractivity contribution in [3.63, 3.8) is 0 Å². The van der Waals surface area contributed by atoms with Gasteiger partial charge >= 0.3 is 0 Å². The van der Waals surface area contributed by atoms with Gasteiger partial charge in [-0.1, -0.05) is 19.3 Å². The molecule has 2 aliphatic rings. The molecule has 4 rings (SSSR count). The fourth-order valence-corrected chi connectivity index (χ4v) is 4.41. The van der Waals surface area contributed by atoms with Gasteiger partial charge in [0.25, 0.3) is 5.56 Å². The molecule has 1 aromatic carbocycles. The number of H-pyrrole nitrogens is 1. The molecule has 0 unspecified atom stereocenters. The third kappa shape index (κ3) is 3.72. The third-order valence-corrected chi connectivity index (χ3v) is 5.97. The van der Waals surface area contributed by atoms with Gasteiger partial charge in [-0.25, -0.2) is 4.98 Å². The Hall–Kier alpha value is -2.34. The van der Waals surface area contributed by atoms with Crippen LogP contribution in [0.1, 0.15) is 66.2 Å². The van der Waals surface area contributed by atoms with E-state index in [1.165, 1.54) is 25.3 Å². The molecule has 0 amide bonds. The van der Waals surface area contributed by atoms with Crippen LogP contribution in [0.15, 0.2) is 16.9 Å². The van der Waals surface area contributed by atoms with Crippen molar-refractivity contribution < 1.29 is 10.2 Å². The summed E-state index contributed by atoms with van der Waals surface area (Å²) in [6.45, 7) is 3.74. The maximum absolute atomic E-state index is 12.7. The second-order valence-electron chi connectivity index (χ2n) is 7.93. The van der Waals surface area contributed by atoms with Crippen molar-refractivity contribution in [3.05, 3.63) is 50.7 Å². The van der Waals surface area contributed by atoms with Gasteiger partial charge < -0.3 is 15.2 Å². The van der Waals surface area contributed by atoms with Crippen molar-refractivity contribution >= 4 is 0 Å². The van der Waals surface area contributed by atoms with Crippen molar-refractivity contribution in [2.75, 3.05) is 6.54 Å². The Bertz CT molecular complexity index is 877. The second-order valence-corrected chi connectivity index (χ2v) is 7.93. The van der Waals surface area contributed by atoms with Crippen LogP contribution in [-0.2, 0) is 19.5 Å². The van der Waals surface area contributed by atoms with E-state index in [2.05, 4.69) is 9.88 Å². The summed E-state index contributed by atoms with van der Waals surface area (Å²) in [6, 6.07) is 3.02. The first-order chi connectivity index (χ1) is 13.0. The maximum Gasteiger partial charge on any atom is 0.255 e. The predicted octanol–water partition coefficient (Wildman–Crippen LogP) is 3.10. The Labute approximate surface area is 158 Å². The highest BCUT2D eigenvalue weighted by molar-refractivity contribution is 5.44. The van der Waals surface area contributed by atoms with Crippen molar-refractivity contribution in [1.29, 1.82) is 0 Å². The summed E-state index contributed by atoms with van der Waals surface area (Å²) in [4.78, 5) is 22.7. The number of hydrogen-bond acceptors (Lipinski definition) is 5. The fourth-order valence-electron chi connectivity index (χ4n) is 4.41. The van der Waals surface area contributed by atoms with Crippen LogP contribution in [0.5, 0.6) is 11.5 Å². The average Bonchev–Trinajstić information content (AvgIpc) is 2.65. The Kier molecular flexibility index (Phi) is 4.91. The number of rotatable bonds is 3. The molecule has 0 bridgehead atoms. The first kappa shape index (κ1) is 18.0. The van der Waals surface area contributed by atoms with Crippen LogP contribution in [0.25, 0.3) is 0 Å². The number of aryl methyl sites for hydroxylation is 1. The molecule has 144 valence electrons. The summed E-state index contributed by atoms with van der Waals surface area (Å²) in [5.41, 5.74) is 3.30. The van der Waals surface area contributed by atoms with E-state index in [0.29, 0.717) is 19.0 Å². The van der Waals surface area contributed by atoms with E-state index in [0.717, 1.165) is 54.0 Å². The van der Waals surface area contributed by atoms with E-state index in [1.54, 1.807) is 6.07 Å². The van der Waals surface area contributed by atoms with Crippen molar-refractivity contribution in [3.8, 4) is 11.5 Å². The lowest BCUT2D eigenvalue weighted by atomic mass is 9.88. The first-order valence-electron chi connectivity index (χ1n) is 9.87. The molecule has 2 aromatic rings. The van der Waals surface area contributed by atoms with E-state index in [4.69, 9.17) is 4.98 Å². The normalized spacial score (nSPS) is 18.4. The highest BCUT2D eigenvalue weighted by Crippen LogP contribution is 2.32. The number of phenols is 2. The SMILES string of the molecule is Cc1cc(O)cc(O)c1CN1CCc2nc(C3CCCCC3)[nH]c(=O)c2C1. The summed E-state index contributed by atoms with van der Waals surface area (Å²) in [5.74, 6) is 1.43. The topological polar surface area (TPSA) is 89.4 Å². The fraction of sp³-hybridized carbons (Fsp3) is 0.524. The Balaban J connectivity index is 1.54.